The number of hydrogen-bond donors (Lipinski definition) is 6. The maximum Gasteiger partial charge on any atom is 3.00 e. The Morgan fingerprint density at radius 2 is 0.412 bits per heavy atom. The number of carbonyl (C=O) groups excluding carboxylic acids is 6. The van der Waals surface area contributed by atoms with Crippen molar-refractivity contribution < 1.29 is 179 Å². The second-order valence-electron chi connectivity index (χ2n) is 4.58. The van der Waals surface area contributed by atoms with Crippen LogP contribution in [0.1, 0.15) is 0 Å². The van der Waals surface area contributed by atoms with E-state index in [2.05, 4.69) is 0 Å². The van der Waals surface area contributed by atoms with Gasteiger partial charge in [0.2, 0.25) is 0 Å². The second kappa shape index (κ2) is 26.5. The van der Waals surface area contributed by atoms with Gasteiger partial charge in [0.15, 0.2) is 0 Å². The summed E-state index contributed by atoms with van der Waals surface area (Å²) in [5.41, 5.74) is 0. The molecule has 0 amide bonds. The van der Waals surface area contributed by atoms with Gasteiger partial charge in [-0.05, 0) is 0 Å². The molecule has 34 heavy (non-hydrogen) atoms. The number of aliphatic carboxylic acids is 6. The molecule has 0 spiro atoms. The fourth-order valence-corrected chi connectivity index (χ4v) is 0.773. The van der Waals surface area contributed by atoms with Gasteiger partial charge in [0.1, 0.15) is 36.6 Å². The van der Waals surface area contributed by atoms with Crippen LogP contribution in [0.15, 0.2) is 0 Å². The predicted molar refractivity (Wildman–Crippen MR) is 71.8 cm³/mol. The van der Waals surface area contributed by atoms with Gasteiger partial charge in [-0.3, -0.25) is 0 Å². The van der Waals surface area contributed by atoms with E-state index in [4.69, 9.17) is 30.6 Å². The Labute approximate surface area is 274 Å². The van der Waals surface area contributed by atoms with Gasteiger partial charge in [0, 0.05) is 0 Å². The van der Waals surface area contributed by atoms with Crippen molar-refractivity contribution >= 4 is 62.0 Å². The zero-order valence-electron chi connectivity index (χ0n) is 17.5. The van der Waals surface area contributed by atoms with Gasteiger partial charge in [0.25, 0.3) is 0 Å². The fourth-order valence-electron chi connectivity index (χ4n) is 0.773. The average molecular weight is 722 g/mol. The van der Waals surface area contributed by atoms with Gasteiger partial charge in [0.05, 0.1) is 35.8 Å². The number of carbonyl (C=O) groups is 6. The Balaban J connectivity index is -0.0000000607. The Morgan fingerprint density at radius 3 is 0.441 bits per heavy atom. The van der Waals surface area contributed by atoms with Gasteiger partial charge in [-0.15, -0.1) is 0 Å². The maximum atomic E-state index is 9.63. The van der Waals surface area contributed by atoms with E-state index in [9.17, 15) is 59.4 Å². The molecule has 0 aromatic heterocycles. The molecule has 0 saturated heterocycles. The topological polar surface area (TPSA) is 362 Å². The zero-order chi connectivity index (χ0) is 24.9. The third kappa shape index (κ3) is 24.2. The summed E-state index contributed by atoms with van der Waals surface area (Å²) in [6, 6.07) is 0. The third-order valence-corrected chi connectivity index (χ3v) is 2.35. The summed E-state index contributed by atoms with van der Waals surface area (Å²) in [6.45, 7) is 0. The molecule has 0 heterocycles. The van der Waals surface area contributed by atoms with Crippen molar-refractivity contribution in [2.45, 2.75) is 36.6 Å². The van der Waals surface area contributed by atoms with Gasteiger partial charge in [-0.25, -0.2) is 0 Å². The van der Waals surface area contributed by atoms with Crippen LogP contribution in [0.25, 0.3) is 0 Å². The van der Waals surface area contributed by atoms with Crippen molar-refractivity contribution in [2.24, 2.45) is 0 Å². The summed E-state index contributed by atoms with van der Waals surface area (Å²) < 4.78 is 0. The predicted octanol–water partition coefficient (Wildman–Crippen LogP) is -23.7. The van der Waals surface area contributed by atoms with Gasteiger partial charge < -0.3 is 90.0 Å². The van der Waals surface area contributed by atoms with Crippen LogP contribution in [0.5, 0.6) is 0 Å². The minimum atomic E-state index is -2.44. The second-order valence-corrected chi connectivity index (χ2v) is 4.58. The first-order valence-corrected chi connectivity index (χ1v) is 6.73. The molecule has 0 aromatic carbocycles. The molecular weight excluding hydrogens is 710 g/mol. The Hall–Kier alpha value is 0.463. The Bertz CT molecular complexity index is 508. The van der Waals surface area contributed by atoms with Gasteiger partial charge >= 0.3 is 115 Å². The molecule has 0 aromatic rings. The van der Waals surface area contributed by atoms with Gasteiger partial charge in [-0.1, -0.05) is 0 Å². The fraction of sp³-hybridized carbons (Fsp3) is 0.500. The molecule has 2 radical (unpaired) electrons. The molecule has 176 valence electrons. The smallest absolute Gasteiger partial charge is 0.547 e. The summed E-state index contributed by atoms with van der Waals surface area (Å²) >= 11 is 0. The molecule has 6 atom stereocenters. The number of hydrogen-bond acceptors (Lipinski definition) is 18. The summed E-state index contributed by atoms with van der Waals surface area (Å²) in [5.74, 6) is -12.4. The average Bonchev–Trinajstić information content (AvgIpc) is 2.64. The van der Waals surface area contributed by atoms with Crippen molar-refractivity contribution in [3.63, 3.8) is 0 Å². The van der Waals surface area contributed by atoms with E-state index >= 15 is 0 Å². The van der Waals surface area contributed by atoms with E-state index in [1.54, 1.807) is 0 Å². The summed E-state index contributed by atoms with van der Waals surface area (Å²) in [4.78, 5) is 57.8. The van der Waals surface area contributed by atoms with Crippen molar-refractivity contribution in [3.8, 4) is 0 Å². The maximum absolute atomic E-state index is 9.63. The Kier molecular flexibility index (Phi) is 39.9. The van der Waals surface area contributed by atoms with Crippen molar-refractivity contribution in [1.82, 2.24) is 0 Å². The molecule has 0 aliphatic heterocycles. The molecule has 18 nitrogen and oxygen atoms in total. The van der Waals surface area contributed by atoms with E-state index in [0.29, 0.717) is 0 Å². The van der Waals surface area contributed by atoms with Crippen LogP contribution in [-0.4, -0.2) is 129 Å². The van der Waals surface area contributed by atoms with E-state index in [0.717, 1.165) is 0 Å². The molecule has 0 saturated carbocycles. The number of rotatable bonds is 9. The molecule has 22 heteroatoms. The molecular formula is C12H12BiNa3O18. The molecule has 0 aliphatic carbocycles. The van der Waals surface area contributed by atoms with E-state index in [-0.39, 0.29) is 115 Å². The van der Waals surface area contributed by atoms with E-state index in [1.165, 1.54) is 0 Å². The third-order valence-electron chi connectivity index (χ3n) is 2.35. The molecule has 0 unspecified atom stereocenters. The first-order valence-electron chi connectivity index (χ1n) is 6.73. The number of aliphatic hydroxyl groups excluding tert-OH is 6. The van der Waals surface area contributed by atoms with E-state index < -0.39 is 72.4 Å². The van der Waals surface area contributed by atoms with Gasteiger partial charge in [-0.2, -0.15) is 0 Å². The van der Waals surface area contributed by atoms with Crippen LogP contribution in [0.3, 0.4) is 0 Å². The van der Waals surface area contributed by atoms with Crippen LogP contribution in [-0.2, 0) is 28.8 Å². The van der Waals surface area contributed by atoms with Crippen LogP contribution >= 0.6 is 0 Å². The summed E-state index contributed by atoms with van der Waals surface area (Å²) in [7, 11) is 0. The quantitative estimate of drug-likeness (QED) is 0.120. The van der Waals surface area contributed by atoms with Crippen LogP contribution in [0, 0.1) is 0 Å². The number of carboxylic acid groups (broad SMARTS) is 6. The SMILES string of the molecule is O=C([O-])[C@H](O)[C@@H](O)C(=O)[O-].O=C([O-])[C@H](O)[C@@H](O)C(=O)[O-].O=C([O-])[C@H](O)[C@@H](O)C(=O)[O-].[Bi+3].[Na+].[Na+].[Na+]. The molecule has 0 fully saturated rings. The standard InChI is InChI=1S/3C4H6O6.Bi.3Na/c3*5-1(3(7)8)2(6)4(9)10;;;;/h3*1-2,5-6H,(H,7,8)(H,9,10);;;;/q;;;+3;3*+1/p-6/t3*1-,2-;;;;/m111..../s1. The normalized spacial score (nSPS) is 13.9. The summed E-state index contributed by atoms with van der Waals surface area (Å²) in [5, 5.41) is 107. The Morgan fingerprint density at radius 1 is 0.353 bits per heavy atom. The summed E-state index contributed by atoms with van der Waals surface area (Å²) in [6.07, 6.45) is -14.6. The molecule has 0 bridgehead atoms. The minimum absolute atomic E-state index is 0. The zero-order valence-corrected chi connectivity index (χ0v) is 27.0. The largest absolute Gasteiger partial charge is 3.00 e. The first kappa shape index (κ1) is 51.2. The van der Waals surface area contributed by atoms with Crippen LogP contribution < -0.4 is 119 Å². The van der Waals surface area contributed by atoms with E-state index in [1.807, 2.05) is 0 Å². The minimum Gasteiger partial charge on any atom is -0.547 e. The van der Waals surface area contributed by atoms with Crippen molar-refractivity contribution in [2.75, 3.05) is 0 Å². The molecule has 0 rings (SSSR count). The van der Waals surface area contributed by atoms with Crippen LogP contribution in [0.2, 0.25) is 0 Å². The number of aliphatic hydroxyl groups is 6. The van der Waals surface area contributed by atoms with Crippen molar-refractivity contribution in [1.29, 1.82) is 0 Å². The molecule has 6 N–H and O–H groups in total. The monoisotopic (exact) mass is 722 g/mol. The molecule has 0 aliphatic rings. The van der Waals surface area contributed by atoms with Crippen molar-refractivity contribution in [3.05, 3.63) is 0 Å². The first-order chi connectivity index (χ1) is 13.4. The van der Waals surface area contributed by atoms with Crippen LogP contribution in [0.4, 0.5) is 0 Å². The number of carboxylic acids is 6.